The van der Waals surface area contributed by atoms with E-state index in [-0.39, 0.29) is 22.7 Å². The summed E-state index contributed by atoms with van der Waals surface area (Å²) in [5.41, 5.74) is 4.26. The molecule has 0 spiro atoms. The zero-order chi connectivity index (χ0) is 22.4. The number of hydrazone groups is 1. The SMILES string of the molecule is Cc1cccc(C(=O)Oc2ccc(/C=N\Nc3ccc([N+](=O)[O-])cc3)cc2[N+](=O)[O-])c1. The van der Waals surface area contributed by atoms with Crippen LogP contribution in [0.3, 0.4) is 0 Å². The van der Waals surface area contributed by atoms with E-state index >= 15 is 0 Å². The maximum atomic E-state index is 12.3. The maximum Gasteiger partial charge on any atom is 0.343 e. The third-order valence-electron chi connectivity index (χ3n) is 4.12. The molecule has 0 aliphatic rings. The summed E-state index contributed by atoms with van der Waals surface area (Å²) in [6.07, 6.45) is 1.33. The van der Waals surface area contributed by atoms with E-state index in [4.69, 9.17) is 4.74 Å². The predicted octanol–water partition coefficient (Wildman–Crippen LogP) is 4.48. The van der Waals surface area contributed by atoms with Gasteiger partial charge in [-0.15, -0.1) is 0 Å². The van der Waals surface area contributed by atoms with Crippen molar-refractivity contribution in [2.24, 2.45) is 5.10 Å². The molecule has 10 nitrogen and oxygen atoms in total. The number of ether oxygens (including phenoxy) is 1. The molecule has 10 heteroatoms. The minimum absolute atomic E-state index is 0.0547. The van der Waals surface area contributed by atoms with Gasteiger partial charge in [0.2, 0.25) is 5.75 Å². The number of anilines is 1. The van der Waals surface area contributed by atoms with E-state index in [1.165, 1.54) is 48.7 Å². The molecule has 3 rings (SSSR count). The van der Waals surface area contributed by atoms with Crippen LogP contribution in [0.15, 0.2) is 71.8 Å². The molecule has 3 aromatic carbocycles. The zero-order valence-electron chi connectivity index (χ0n) is 16.2. The van der Waals surface area contributed by atoms with Crippen LogP contribution in [-0.2, 0) is 0 Å². The number of nitrogens with one attached hydrogen (secondary N) is 1. The van der Waals surface area contributed by atoms with Gasteiger partial charge in [-0.05, 0) is 43.3 Å². The third-order valence-corrected chi connectivity index (χ3v) is 4.12. The van der Waals surface area contributed by atoms with Crippen LogP contribution in [0.1, 0.15) is 21.5 Å². The van der Waals surface area contributed by atoms with E-state index in [2.05, 4.69) is 10.5 Å². The Labute approximate surface area is 176 Å². The van der Waals surface area contributed by atoms with Gasteiger partial charge in [-0.3, -0.25) is 25.7 Å². The lowest BCUT2D eigenvalue weighted by Crippen LogP contribution is -2.10. The fourth-order valence-electron chi connectivity index (χ4n) is 2.61. The van der Waals surface area contributed by atoms with Crippen molar-refractivity contribution in [3.63, 3.8) is 0 Å². The summed E-state index contributed by atoms with van der Waals surface area (Å²) in [7, 11) is 0. The van der Waals surface area contributed by atoms with Gasteiger partial charge in [0.15, 0.2) is 0 Å². The normalized spacial score (nSPS) is 10.6. The predicted molar refractivity (Wildman–Crippen MR) is 114 cm³/mol. The molecule has 0 unspecified atom stereocenters. The van der Waals surface area contributed by atoms with Gasteiger partial charge in [0.05, 0.1) is 27.3 Å². The highest BCUT2D eigenvalue weighted by molar-refractivity contribution is 5.92. The second-order valence-corrected chi connectivity index (χ2v) is 6.42. The van der Waals surface area contributed by atoms with E-state index < -0.39 is 15.8 Å². The summed E-state index contributed by atoms with van der Waals surface area (Å²) >= 11 is 0. The van der Waals surface area contributed by atoms with Gasteiger partial charge in [-0.2, -0.15) is 5.10 Å². The van der Waals surface area contributed by atoms with Gasteiger partial charge < -0.3 is 4.74 Å². The number of nitro groups is 2. The smallest absolute Gasteiger partial charge is 0.343 e. The van der Waals surface area contributed by atoms with Crippen molar-refractivity contribution in [2.75, 3.05) is 5.43 Å². The lowest BCUT2D eigenvalue weighted by atomic mass is 10.1. The van der Waals surface area contributed by atoms with Crippen LogP contribution in [0.5, 0.6) is 5.75 Å². The molecule has 1 N–H and O–H groups in total. The number of carbonyl (C=O) groups is 1. The third kappa shape index (κ3) is 5.48. The summed E-state index contributed by atoms with van der Waals surface area (Å²) in [5, 5.41) is 26.0. The number of rotatable bonds is 7. The van der Waals surface area contributed by atoms with Crippen molar-refractivity contribution in [1.82, 2.24) is 0 Å². The number of non-ortho nitro benzene ring substituents is 1. The van der Waals surface area contributed by atoms with Gasteiger partial charge in [0.25, 0.3) is 5.69 Å². The van der Waals surface area contributed by atoms with E-state index in [0.29, 0.717) is 11.3 Å². The van der Waals surface area contributed by atoms with Gasteiger partial charge in [-0.25, -0.2) is 4.79 Å². The van der Waals surface area contributed by atoms with Gasteiger partial charge in [-0.1, -0.05) is 17.7 Å². The lowest BCUT2D eigenvalue weighted by Gasteiger charge is -2.06. The molecule has 0 aliphatic carbocycles. The van der Waals surface area contributed by atoms with Gasteiger partial charge >= 0.3 is 11.7 Å². The molecule has 0 amide bonds. The van der Waals surface area contributed by atoms with Crippen molar-refractivity contribution in [3.8, 4) is 5.75 Å². The molecule has 3 aromatic rings. The number of nitrogens with zero attached hydrogens (tertiary/aromatic N) is 3. The summed E-state index contributed by atoms with van der Waals surface area (Å²) in [6, 6.07) is 16.3. The van der Waals surface area contributed by atoms with E-state index in [1.807, 2.05) is 13.0 Å². The standard InChI is InChI=1S/C21H16N4O6/c1-14-3-2-4-16(11-14)21(26)31-20-10-5-15(12-19(20)25(29)30)13-22-23-17-6-8-18(9-7-17)24(27)28/h2-13,23H,1H3/b22-13-. The lowest BCUT2D eigenvalue weighted by molar-refractivity contribution is -0.385. The molecule has 0 fully saturated rings. The minimum atomic E-state index is -0.701. The Morgan fingerprint density at radius 1 is 1.00 bits per heavy atom. The largest absolute Gasteiger partial charge is 0.416 e. The number of hydrogen-bond acceptors (Lipinski definition) is 8. The highest BCUT2D eigenvalue weighted by Crippen LogP contribution is 2.28. The maximum absolute atomic E-state index is 12.3. The number of hydrogen-bond donors (Lipinski definition) is 1. The highest BCUT2D eigenvalue weighted by Gasteiger charge is 2.19. The first-order chi connectivity index (χ1) is 14.8. The molecule has 0 radical (unpaired) electrons. The Morgan fingerprint density at radius 3 is 2.39 bits per heavy atom. The van der Waals surface area contributed by atoms with Gasteiger partial charge in [0, 0.05) is 23.8 Å². The van der Waals surface area contributed by atoms with Crippen molar-refractivity contribution < 1.29 is 19.4 Å². The minimum Gasteiger partial charge on any atom is -0.416 e. The van der Waals surface area contributed by atoms with Crippen LogP contribution in [0, 0.1) is 27.2 Å². The molecule has 0 bridgehead atoms. The van der Waals surface area contributed by atoms with Crippen molar-refractivity contribution >= 4 is 29.2 Å². The van der Waals surface area contributed by atoms with Crippen LogP contribution in [-0.4, -0.2) is 22.0 Å². The molecule has 0 aromatic heterocycles. The molecule has 0 heterocycles. The van der Waals surface area contributed by atoms with Crippen molar-refractivity contribution in [2.45, 2.75) is 6.92 Å². The van der Waals surface area contributed by atoms with Crippen LogP contribution in [0.4, 0.5) is 17.1 Å². The van der Waals surface area contributed by atoms with E-state index in [9.17, 15) is 25.0 Å². The first-order valence-corrected chi connectivity index (χ1v) is 8.94. The molecule has 31 heavy (non-hydrogen) atoms. The number of nitro benzene ring substituents is 2. The number of benzene rings is 3. The topological polar surface area (TPSA) is 137 Å². The Hall–Kier alpha value is -4.60. The first-order valence-electron chi connectivity index (χ1n) is 8.94. The Kier molecular flexibility index (Phi) is 6.31. The second-order valence-electron chi connectivity index (χ2n) is 6.42. The van der Waals surface area contributed by atoms with E-state index in [1.54, 1.807) is 18.2 Å². The van der Waals surface area contributed by atoms with Crippen molar-refractivity contribution in [1.29, 1.82) is 0 Å². The fraction of sp³-hybridized carbons (Fsp3) is 0.0476. The summed E-state index contributed by atoms with van der Waals surface area (Å²) in [4.78, 5) is 33.2. The monoisotopic (exact) mass is 420 g/mol. The zero-order valence-corrected chi connectivity index (χ0v) is 16.2. The van der Waals surface area contributed by atoms with Gasteiger partial charge in [0.1, 0.15) is 0 Å². The Balaban J connectivity index is 1.73. The molecular weight excluding hydrogens is 404 g/mol. The van der Waals surface area contributed by atoms with Crippen LogP contribution < -0.4 is 10.2 Å². The fourth-order valence-corrected chi connectivity index (χ4v) is 2.61. The second kappa shape index (κ2) is 9.27. The molecule has 0 atom stereocenters. The number of esters is 1. The van der Waals surface area contributed by atoms with Crippen LogP contribution >= 0.6 is 0 Å². The average Bonchev–Trinajstić information content (AvgIpc) is 2.75. The van der Waals surface area contributed by atoms with Crippen molar-refractivity contribution in [3.05, 3.63) is 104 Å². The Bertz CT molecular complexity index is 1170. The summed E-state index contributed by atoms with van der Waals surface area (Å²) in [5.74, 6) is -0.884. The number of aryl methyl sites for hydroxylation is 1. The van der Waals surface area contributed by atoms with E-state index in [0.717, 1.165) is 5.56 Å². The quantitative estimate of drug-likeness (QED) is 0.196. The number of carbonyl (C=O) groups excluding carboxylic acids is 1. The highest BCUT2D eigenvalue weighted by atomic mass is 16.6. The molecule has 0 saturated carbocycles. The van der Waals surface area contributed by atoms with Crippen LogP contribution in [0.2, 0.25) is 0 Å². The molecular formula is C21H16N4O6. The summed E-state index contributed by atoms with van der Waals surface area (Å²) < 4.78 is 5.21. The molecule has 0 saturated heterocycles. The molecule has 0 aliphatic heterocycles. The Morgan fingerprint density at radius 2 is 1.74 bits per heavy atom. The van der Waals surface area contributed by atoms with Crippen LogP contribution in [0.25, 0.3) is 0 Å². The average molecular weight is 420 g/mol. The summed E-state index contributed by atoms with van der Waals surface area (Å²) in [6.45, 7) is 1.82. The first kappa shape index (κ1) is 21.1. The molecule has 156 valence electrons.